The van der Waals surface area contributed by atoms with Gasteiger partial charge in [0.2, 0.25) is 5.91 Å². The number of hydrogen-bond donors (Lipinski definition) is 1. The van der Waals surface area contributed by atoms with Gasteiger partial charge in [0, 0.05) is 45.9 Å². The summed E-state index contributed by atoms with van der Waals surface area (Å²) in [5, 5.41) is 2.86. The topological polar surface area (TPSA) is 63.6 Å². The summed E-state index contributed by atoms with van der Waals surface area (Å²) in [6.45, 7) is 2.23. The molecule has 192 valence electrons. The number of carbonyl (C=O) groups excluding carboxylic acids is 2. The van der Waals surface area contributed by atoms with E-state index >= 15 is 0 Å². The average Bonchev–Trinajstić information content (AvgIpc) is 3.58. The number of ether oxygens (including phenoxy) is 1. The van der Waals surface area contributed by atoms with Gasteiger partial charge in [-0.1, -0.05) is 40.2 Å². The molecule has 0 aliphatic carbocycles. The minimum Gasteiger partial charge on any atom is -0.341 e. The maximum absolute atomic E-state index is 13.7. The number of amides is 2. The number of aromatic nitrogens is 1. The average molecular weight is 574 g/mol. The first-order valence-corrected chi connectivity index (χ1v) is 13.3. The van der Waals surface area contributed by atoms with E-state index in [0.29, 0.717) is 19.4 Å². The second-order valence-corrected chi connectivity index (χ2v) is 10.6. The van der Waals surface area contributed by atoms with Crippen LogP contribution in [0.1, 0.15) is 29.8 Å². The Morgan fingerprint density at radius 1 is 1.03 bits per heavy atom. The van der Waals surface area contributed by atoms with Crippen molar-refractivity contribution in [1.29, 1.82) is 0 Å². The molecule has 6 rings (SSSR count). The molecule has 8 heteroatoms. The van der Waals surface area contributed by atoms with Crippen LogP contribution in [0.3, 0.4) is 0 Å². The summed E-state index contributed by atoms with van der Waals surface area (Å²) >= 11 is 3.48. The van der Waals surface area contributed by atoms with E-state index in [9.17, 15) is 14.0 Å². The highest BCUT2D eigenvalue weighted by Crippen LogP contribution is 2.39. The van der Waals surface area contributed by atoms with Crippen molar-refractivity contribution >= 4 is 33.4 Å². The highest BCUT2D eigenvalue weighted by Gasteiger charge is 2.40. The molecule has 2 atom stereocenters. The van der Waals surface area contributed by atoms with E-state index in [4.69, 9.17) is 4.74 Å². The van der Waals surface area contributed by atoms with Crippen molar-refractivity contribution in [2.24, 2.45) is 0 Å². The lowest BCUT2D eigenvalue weighted by Gasteiger charge is -2.24. The van der Waals surface area contributed by atoms with E-state index in [1.54, 1.807) is 24.0 Å². The number of rotatable bonds is 6. The summed E-state index contributed by atoms with van der Waals surface area (Å²) in [4.78, 5) is 26.7. The SMILES string of the molecule is C[C@@H]1O[C@H](c2cn(-c3ccc(Br)cc3)cc2-c2ccc(F)cc2)N(CCc2ccc3c(c2)CC(=O)N3)C1=O. The first-order valence-electron chi connectivity index (χ1n) is 12.5. The zero-order chi connectivity index (χ0) is 26.4. The number of carbonyl (C=O) groups is 2. The zero-order valence-corrected chi connectivity index (χ0v) is 22.2. The van der Waals surface area contributed by atoms with Crippen molar-refractivity contribution in [2.45, 2.75) is 32.1 Å². The molecule has 3 aromatic carbocycles. The lowest BCUT2D eigenvalue weighted by Crippen LogP contribution is -2.32. The Morgan fingerprint density at radius 3 is 2.55 bits per heavy atom. The highest BCUT2D eigenvalue weighted by atomic mass is 79.9. The molecular formula is C30H25BrFN3O3. The smallest absolute Gasteiger partial charge is 0.253 e. The number of anilines is 1. The van der Waals surface area contributed by atoms with Crippen LogP contribution in [-0.2, 0) is 27.2 Å². The molecule has 2 amide bonds. The van der Waals surface area contributed by atoms with Crippen LogP contribution in [0.5, 0.6) is 0 Å². The van der Waals surface area contributed by atoms with Crippen LogP contribution in [0, 0.1) is 5.82 Å². The van der Waals surface area contributed by atoms with E-state index in [-0.39, 0.29) is 17.6 Å². The maximum Gasteiger partial charge on any atom is 0.253 e. The minimum absolute atomic E-state index is 0.00207. The number of nitrogens with zero attached hydrogens (tertiary/aromatic N) is 2. The van der Waals surface area contributed by atoms with Crippen molar-refractivity contribution in [2.75, 3.05) is 11.9 Å². The molecule has 3 heterocycles. The molecule has 0 bridgehead atoms. The quantitative estimate of drug-likeness (QED) is 0.306. The van der Waals surface area contributed by atoms with Crippen molar-refractivity contribution in [3.8, 4) is 16.8 Å². The van der Waals surface area contributed by atoms with Crippen molar-refractivity contribution < 1.29 is 18.7 Å². The molecule has 2 aliphatic heterocycles. The third kappa shape index (κ3) is 4.66. The first kappa shape index (κ1) is 24.6. The fourth-order valence-electron chi connectivity index (χ4n) is 5.13. The van der Waals surface area contributed by atoms with Crippen molar-refractivity contribution in [1.82, 2.24) is 9.47 Å². The van der Waals surface area contributed by atoms with Gasteiger partial charge in [0.25, 0.3) is 5.91 Å². The van der Waals surface area contributed by atoms with E-state index in [1.807, 2.05) is 59.4 Å². The van der Waals surface area contributed by atoms with Gasteiger partial charge in [-0.05, 0) is 72.5 Å². The summed E-state index contributed by atoms with van der Waals surface area (Å²) in [6, 6.07) is 20.2. The third-order valence-electron chi connectivity index (χ3n) is 7.09. The molecule has 38 heavy (non-hydrogen) atoms. The van der Waals surface area contributed by atoms with E-state index in [0.717, 1.165) is 43.7 Å². The lowest BCUT2D eigenvalue weighted by molar-refractivity contribution is -0.130. The molecule has 1 saturated heterocycles. The second-order valence-electron chi connectivity index (χ2n) is 9.65. The molecular weight excluding hydrogens is 549 g/mol. The van der Waals surface area contributed by atoms with E-state index < -0.39 is 12.3 Å². The molecule has 6 nitrogen and oxygen atoms in total. The van der Waals surface area contributed by atoms with Crippen LogP contribution in [0.4, 0.5) is 10.1 Å². The Kier molecular flexibility index (Phi) is 6.37. The Labute approximate surface area is 228 Å². The Morgan fingerprint density at radius 2 is 1.79 bits per heavy atom. The molecule has 0 saturated carbocycles. The summed E-state index contributed by atoms with van der Waals surface area (Å²) in [6.07, 6.45) is 3.80. The van der Waals surface area contributed by atoms with Crippen LogP contribution in [0.25, 0.3) is 16.8 Å². The molecule has 0 unspecified atom stereocenters. The normalized spacial score (nSPS) is 18.7. The third-order valence-corrected chi connectivity index (χ3v) is 7.62. The predicted molar refractivity (Wildman–Crippen MR) is 146 cm³/mol. The molecule has 1 fully saturated rings. The Balaban J connectivity index is 1.34. The molecule has 0 radical (unpaired) electrons. The van der Waals surface area contributed by atoms with Crippen LogP contribution in [0.15, 0.2) is 83.6 Å². The van der Waals surface area contributed by atoms with Gasteiger partial charge in [0.05, 0.1) is 6.42 Å². The number of fused-ring (bicyclic) bond motifs is 1. The molecule has 4 aromatic rings. The van der Waals surface area contributed by atoms with Gasteiger partial charge >= 0.3 is 0 Å². The van der Waals surface area contributed by atoms with Crippen LogP contribution < -0.4 is 5.32 Å². The standard InChI is InChI=1S/C30H25BrFN3O3/c1-18-29(37)35(13-12-19-2-11-27-21(14-19)15-28(36)33-27)30(38-18)26-17-34(24-9-5-22(31)6-10-24)16-25(26)20-3-7-23(32)8-4-20/h2-11,14,16-18,30H,12-13,15H2,1H3,(H,33,36)/t18-,30+/m0/s1. The van der Waals surface area contributed by atoms with Gasteiger partial charge in [-0.25, -0.2) is 4.39 Å². The van der Waals surface area contributed by atoms with Crippen LogP contribution in [0.2, 0.25) is 0 Å². The van der Waals surface area contributed by atoms with E-state index in [2.05, 4.69) is 21.2 Å². The fourth-order valence-corrected chi connectivity index (χ4v) is 5.39. The van der Waals surface area contributed by atoms with Gasteiger partial charge < -0.3 is 19.5 Å². The lowest BCUT2D eigenvalue weighted by atomic mass is 10.0. The number of nitrogens with one attached hydrogen (secondary N) is 1. The molecule has 0 spiro atoms. The van der Waals surface area contributed by atoms with Crippen molar-refractivity contribution in [3.05, 3.63) is 106 Å². The van der Waals surface area contributed by atoms with Crippen molar-refractivity contribution in [3.63, 3.8) is 0 Å². The number of hydrogen-bond acceptors (Lipinski definition) is 3. The fraction of sp³-hybridized carbons (Fsp3) is 0.200. The summed E-state index contributed by atoms with van der Waals surface area (Å²) < 4.78 is 22.9. The van der Waals surface area contributed by atoms with Crippen LogP contribution in [-0.4, -0.2) is 33.9 Å². The van der Waals surface area contributed by atoms with Gasteiger partial charge in [0.15, 0.2) is 6.23 Å². The van der Waals surface area contributed by atoms with Gasteiger partial charge in [-0.2, -0.15) is 0 Å². The summed E-state index contributed by atoms with van der Waals surface area (Å²) in [5.74, 6) is -0.386. The molecule has 2 aliphatic rings. The molecule has 1 N–H and O–H groups in total. The number of benzene rings is 3. The largest absolute Gasteiger partial charge is 0.341 e. The minimum atomic E-state index is -0.591. The van der Waals surface area contributed by atoms with Gasteiger partial charge in [0.1, 0.15) is 11.9 Å². The molecule has 1 aromatic heterocycles. The highest BCUT2D eigenvalue weighted by molar-refractivity contribution is 9.10. The monoisotopic (exact) mass is 573 g/mol. The second kappa shape index (κ2) is 9.85. The first-order chi connectivity index (χ1) is 18.4. The van der Waals surface area contributed by atoms with E-state index in [1.165, 1.54) is 12.1 Å². The Hall–Kier alpha value is -3.75. The van der Waals surface area contributed by atoms with Crippen LogP contribution >= 0.6 is 15.9 Å². The number of halogens is 2. The Bertz CT molecular complexity index is 1530. The summed E-state index contributed by atoms with van der Waals surface area (Å²) in [7, 11) is 0. The predicted octanol–water partition coefficient (Wildman–Crippen LogP) is 6.03. The van der Waals surface area contributed by atoms with Gasteiger partial charge in [-0.15, -0.1) is 0 Å². The zero-order valence-electron chi connectivity index (χ0n) is 20.7. The summed E-state index contributed by atoms with van der Waals surface area (Å²) in [5.41, 5.74) is 6.37. The van der Waals surface area contributed by atoms with Gasteiger partial charge in [-0.3, -0.25) is 9.59 Å². The maximum atomic E-state index is 13.7.